The number of hydrogen-bond donors (Lipinski definition) is 1. The SMILES string of the molecule is C1CC1NCC1CC1C1CC1. The second-order valence-corrected chi connectivity index (χ2v) is 4.68. The number of rotatable bonds is 4. The minimum absolute atomic E-state index is 0.926. The van der Waals surface area contributed by atoms with Crippen molar-refractivity contribution < 1.29 is 0 Å². The average Bonchev–Trinajstić information content (AvgIpc) is 2.81. The predicted molar refractivity (Wildman–Crippen MR) is 45.3 cm³/mol. The Morgan fingerprint density at radius 2 is 1.91 bits per heavy atom. The molecule has 2 unspecified atom stereocenters. The fourth-order valence-corrected chi connectivity index (χ4v) is 2.21. The Morgan fingerprint density at radius 3 is 2.55 bits per heavy atom. The summed E-state index contributed by atoms with van der Waals surface area (Å²) in [7, 11) is 0. The smallest absolute Gasteiger partial charge is 0.00683 e. The first-order valence-electron chi connectivity index (χ1n) is 5.17. The van der Waals surface area contributed by atoms with Gasteiger partial charge in [0.2, 0.25) is 0 Å². The molecule has 3 aliphatic rings. The predicted octanol–water partition coefficient (Wildman–Crippen LogP) is 1.78. The lowest BCUT2D eigenvalue weighted by molar-refractivity contribution is 0.566. The second kappa shape index (κ2) is 2.22. The third-order valence-corrected chi connectivity index (χ3v) is 3.45. The van der Waals surface area contributed by atoms with E-state index in [-0.39, 0.29) is 0 Å². The molecule has 1 N–H and O–H groups in total. The van der Waals surface area contributed by atoms with Crippen LogP contribution in [0.25, 0.3) is 0 Å². The minimum Gasteiger partial charge on any atom is -0.314 e. The largest absolute Gasteiger partial charge is 0.314 e. The van der Waals surface area contributed by atoms with Crippen LogP contribution in [-0.2, 0) is 0 Å². The normalized spacial score (nSPS) is 42.5. The van der Waals surface area contributed by atoms with E-state index in [1.54, 1.807) is 19.3 Å². The highest BCUT2D eigenvalue weighted by molar-refractivity contribution is 4.98. The molecular formula is C10H17N. The molecule has 0 spiro atoms. The van der Waals surface area contributed by atoms with Crippen molar-refractivity contribution in [3.63, 3.8) is 0 Å². The van der Waals surface area contributed by atoms with E-state index in [2.05, 4.69) is 5.32 Å². The summed E-state index contributed by atoms with van der Waals surface area (Å²) in [6.07, 6.45) is 7.53. The zero-order chi connectivity index (χ0) is 7.26. The van der Waals surface area contributed by atoms with Crippen molar-refractivity contribution in [2.45, 2.75) is 38.1 Å². The molecule has 3 fully saturated rings. The molecule has 0 aromatic carbocycles. The van der Waals surface area contributed by atoms with Gasteiger partial charge in [-0.05, 0) is 56.4 Å². The highest BCUT2D eigenvalue weighted by Gasteiger charge is 2.47. The summed E-state index contributed by atoms with van der Waals surface area (Å²) < 4.78 is 0. The fourth-order valence-electron chi connectivity index (χ4n) is 2.21. The highest BCUT2D eigenvalue weighted by atomic mass is 15.0. The molecule has 1 nitrogen and oxygen atoms in total. The molecule has 3 saturated carbocycles. The van der Waals surface area contributed by atoms with Gasteiger partial charge in [0.05, 0.1) is 0 Å². The van der Waals surface area contributed by atoms with Crippen LogP contribution in [0.3, 0.4) is 0 Å². The standard InChI is InChI=1S/C10H17N/c1-2-7(1)10-5-8(10)6-11-9-3-4-9/h7-11H,1-6H2. The third kappa shape index (κ3) is 1.44. The number of nitrogens with one attached hydrogen (secondary N) is 1. The third-order valence-electron chi connectivity index (χ3n) is 3.45. The Labute approximate surface area is 68.6 Å². The van der Waals surface area contributed by atoms with Crippen molar-refractivity contribution in [3.05, 3.63) is 0 Å². The van der Waals surface area contributed by atoms with Crippen LogP contribution in [0, 0.1) is 17.8 Å². The van der Waals surface area contributed by atoms with Gasteiger partial charge in [0.1, 0.15) is 0 Å². The van der Waals surface area contributed by atoms with Crippen LogP contribution < -0.4 is 5.32 Å². The molecule has 1 heteroatoms. The van der Waals surface area contributed by atoms with E-state index in [0.717, 1.165) is 17.9 Å². The molecule has 0 radical (unpaired) electrons. The van der Waals surface area contributed by atoms with Crippen LogP contribution in [0.5, 0.6) is 0 Å². The molecule has 0 heterocycles. The van der Waals surface area contributed by atoms with Gasteiger partial charge >= 0.3 is 0 Å². The molecule has 3 aliphatic carbocycles. The van der Waals surface area contributed by atoms with Gasteiger partial charge in [0.15, 0.2) is 0 Å². The summed E-state index contributed by atoms with van der Waals surface area (Å²) in [4.78, 5) is 0. The lowest BCUT2D eigenvalue weighted by atomic mass is 10.2. The molecule has 0 aromatic heterocycles. The Morgan fingerprint density at radius 1 is 1.09 bits per heavy atom. The second-order valence-electron chi connectivity index (χ2n) is 4.68. The number of hydrogen-bond acceptors (Lipinski definition) is 1. The maximum Gasteiger partial charge on any atom is 0.00683 e. The van der Waals surface area contributed by atoms with Crippen LogP contribution >= 0.6 is 0 Å². The van der Waals surface area contributed by atoms with Crippen LogP contribution in [0.2, 0.25) is 0 Å². The van der Waals surface area contributed by atoms with E-state index in [9.17, 15) is 0 Å². The zero-order valence-corrected chi connectivity index (χ0v) is 7.05. The Balaban J connectivity index is 1.37. The zero-order valence-electron chi connectivity index (χ0n) is 7.05. The van der Waals surface area contributed by atoms with Gasteiger partial charge in [-0.1, -0.05) is 0 Å². The van der Waals surface area contributed by atoms with Gasteiger partial charge in [0.25, 0.3) is 0 Å². The van der Waals surface area contributed by atoms with E-state index >= 15 is 0 Å². The highest BCUT2D eigenvalue weighted by Crippen LogP contribution is 2.54. The van der Waals surface area contributed by atoms with Crippen molar-refractivity contribution in [1.82, 2.24) is 5.32 Å². The van der Waals surface area contributed by atoms with Crippen molar-refractivity contribution >= 4 is 0 Å². The molecular weight excluding hydrogens is 134 g/mol. The fraction of sp³-hybridized carbons (Fsp3) is 1.00. The topological polar surface area (TPSA) is 12.0 Å². The monoisotopic (exact) mass is 151 g/mol. The minimum atomic E-state index is 0.926. The van der Waals surface area contributed by atoms with Crippen LogP contribution in [-0.4, -0.2) is 12.6 Å². The van der Waals surface area contributed by atoms with Crippen LogP contribution in [0.15, 0.2) is 0 Å². The van der Waals surface area contributed by atoms with Crippen molar-refractivity contribution in [2.24, 2.45) is 17.8 Å². The summed E-state index contributed by atoms with van der Waals surface area (Å²) in [6.45, 7) is 1.34. The van der Waals surface area contributed by atoms with Gasteiger partial charge in [0, 0.05) is 6.04 Å². The average molecular weight is 151 g/mol. The summed E-state index contributed by atoms with van der Waals surface area (Å²) >= 11 is 0. The molecule has 2 atom stereocenters. The van der Waals surface area contributed by atoms with Crippen molar-refractivity contribution in [3.8, 4) is 0 Å². The van der Waals surface area contributed by atoms with E-state index in [4.69, 9.17) is 0 Å². The first-order chi connectivity index (χ1) is 5.43. The molecule has 0 aromatic rings. The first-order valence-corrected chi connectivity index (χ1v) is 5.17. The Bertz CT molecular complexity index is 158. The quantitative estimate of drug-likeness (QED) is 0.646. The molecule has 3 rings (SSSR count). The Hall–Kier alpha value is -0.0400. The molecule has 0 amide bonds. The van der Waals surface area contributed by atoms with Gasteiger partial charge < -0.3 is 5.32 Å². The summed E-state index contributed by atoms with van der Waals surface area (Å²) in [5, 5.41) is 3.63. The summed E-state index contributed by atoms with van der Waals surface area (Å²) in [5.41, 5.74) is 0. The molecule has 0 bridgehead atoms. The van der Waals surface area contributed by atoms with E-state index in [1.807, 2.05) is 0 Å². The maximum absolute atomic E-state index is 3.63. The van der Waals surface area contributed by atoms with Crippen molar-refractivity contribution in [1.29, 1.82) is 0 Å². The van der Waals surface area contributed by atoms with E-state index in [1.165, 1.54) is 25.3 Å². The molecule has 62 valence electrons. The van der Waals surface area contributed by atoms with Crippen LogP contribution in [0.4, 0.5) is 0 Å². The summed E-state index contributed by atoms with van der Waals surface area (Å²) in [5.74, 6) is 3.41. The van der Waals surface area contributed by atoms with Gasteiger partial charge in [-0.3, -0.25) is 0 Å². The first kappa shape index (κ1) is 6.47. The van der Waals surface area contributed by atoms with Gasteiger partial charge in [-0.25, -0.2) is 0 Å². The van der Waals surface area contributed by atoms with E-state index < -0.39 is 0 Å². The van der Waals surface area contributed by atoms with Gasteiger partial charge in [-0.2, -0.15) is 0 Å². The molecule has 0 saturated heterocycles. The van der Waals surface area contributed by atoms with Gasteiger partial charge in [-0.15, -0.1) is 0 Å². The summed E-state index contributed by atoms with van der Waals surface area (Å²) in [6, 6.07) is 0.926. The Kier molecular flexibility index (Phi) is 1.31. The maximum atomic E-state index is 3.63. The lowest BCUT2D eigenvalue weighted by Gasteiger charge is -1.99. The molecule has 0 aliphatic heterocycles. The van der Waals surface area contributed by atoms with E-state index in [0.29, 0.717) is 0 Å². The van der Waals surface area contributed by atoms with Crippen molar-refractivity contribution in [2.75, 3.05) is 6.54 Å². The lowest BCUT2D eigenvalue weighted by Crippen LogP contribution is -2.19. The van der Waals surface area contributed by atoms with Crippen LogP contribution in [0.1, 0.15) is 32.1 Å². The molecule has 11 heavy (non-hydrogen) atoms.